The summed E-state index contributed by atoms with van der Waals surface area (Å²) in [6.45, 7) is 1.52. The SMILES string of the molecule is [B]P(I)C(CC(=O)O)C(=O)NCCNCCNC(=O)C(CC(=O)O)P[B]I. The Morgan fingerprint density at radius 3 is 1.96 bits per heavy atom. The topological polar surface area (TPSA) is 145 Å². The van der Waals surface area contributed by atoms with E-state index in [1.807, 2.05) is 44.4 Å². The zero-order valence-corrected chi connectivity index (χ0v) is 20.5. The van der Waals surface area contributed by atoms with Gasteiger partial charge in [0.25, 0.3) is 0 Å². The molecule has 5 N–H and O–H groups in total. The van der Waals surface area contributed by atoms with E-state index in [0.29, 0.717) is 26.2 Å². The quantitative estimate of drug-likeness (QED) is 0.0738. The van der Waals surface area contributed by atoms with Crippen molar-refractivity contribution in [1.82, 2.24) is 16.0 Å². The first kappa shape index (κ1) is 27.3. The first-order chi connectivity index (χ1) is 12.7. The predicted molar refractivity (Wildman–Crippen MR) is 126 cm³/mol. The fourth-order valence-corrected chi connectivity index (χ4v) is 5.85. The summed E-state index contributed by atoms with van der Waals surface area (Å²) in [4.78, 5) is 47.2. The maximum atomic E-state index is 11.9. The Labute approximate surface area is 189 Å². The number of hydrogen-bond acceptors (Lipinski definition) is 5. The molecule has 0 aromatic carbocycles. The summed E-state index contributed by atoms with van der Waals surface area (Å²) in [7, 11) is 5.82. The van der Waals surface area contributed by atoms with Crippen LogP contribution in [0.4, 0.5) is 0 Å². The van der Waals surface area contributed by atoms with E-state index >= 15 is 0 Å². The van der Waals surface area contributed by atoms with E-state index in [1.165, 1.54) is 0 Å². The molecule has 4 unspecified atom stereocenters. The Morgan fingerprint density at radius 2 is 1.52 bits per heavy atom. The number of carbonyl (C=O) groups is 4. The highest BCUT2D eigenvalue weighted by Gasteiger charge is 2.25. The number of carbonyl (C=O) groups excluding carboxylic acids is 2. The van der Waals surface area contributed by atoms with E-state index < -0.39 is 28.7 Å². The molecule has 0 rings (SSSR count). The Balaban J connectivity index is 3.99. The van der Waals surface area contributed by atoms with Gasteiger partial charge in [-0.15, -0.1) is 8.46 Å². The van der Waals surface area contributed by atoms with Crippen LogP contribution in [0, 0.1) is 0 Å². The van der Waals surface area contributed by atoms with E-state index in [-0.39, 0.29) is 33.1 Å². The second-order valence-electron chi connectivity index (χ2n) is 5.22. The number of carboxylic acid groups (broad SMARTS) is 2. The maximum Gasteiger partial charge on any atom is 0.304 e. The molecule has 149 valence electrons. The fraction of sp³-hybridized carbons (Fsp3) is 0.667. The Morgan fingerprint density at radius 1 is 1.00 bits per heavy atom. The molecule has 0 aromatic heterocycles. The summed E-state index contributed by atoms with van der Waals surface area (Å²) in [5, 5.41) is 26.0. The van der Waals surface area contributed by atoms with Crippen LogP contribution < -0.4 is 16.0 Å². The molecule has 9 nitrogen and oxygen atoms in total. The van der Waals surface area contributed by atoms with Crippen LogP contribution in [0.1, 0.15) is 12.8 Å². The largest absolute Gasteiger partial charge is 0.481 e. The molecule has 0 spiro atoms. The Kier molecular flexibility index (Phi) is 16.3. The van der Waals surface area contributed by atoms with Crippen molar-refractivity contribution in [2.24, 2.45) is 0 Å². The van der Waals surface area contributed by atoms with Crippen LogP contribution >= 0.6 is 58.3 Å². The first-order valence-corrected chi connectivity index (χ1v) is 14.4. The van der Waals surface area contributed by atoms with Crippen molar-refractivity contribution in [2.75, 3.05) is 26.2 Å². The second-order valence-corrected chi connectivity index (χ2v) is 13.0. The number of hydrogen-bond donors (Lipinski definition) is 5. The monoisotopic (exact) mass is 640 g/mol. The van der Waals surface area contributed by atoms with Crippen molar-refractivity contribution in [3.63, 3.8) is 0 Å². The first-order valence-electron chi connectivity index (χ1n) is 7.76. The minimum absolute atomic E-state index is 0.131. The summed E-state index contributed by atoms with van der Waals surface area (Å²) < 4.78 is 0. The van der Waals surface area contributed by atoms with Crippen LogP contribution in [0.2, 0.25) is 0 Å². The van der Waals surface area contributed by atoms with Crippen molar-refractivity contribution in [3.8, 4) is 0 Å². The molecular formula is C12H20B2I2N3O6P2. The highest BCUT2D eigenvalue weighted by Crippen LogP contribution is 2.46. The molecule has 0 aromatic rings. The van der Waals surface area contributed by atoms with Gasteiger partial charge in [0, 0.05) is 26.2 Å². The molecule has 0 bridgehead atoms. The molecular weight excluding hydrogens is 620 g/mol. The number of rotatable bonds is 15. The number of halogens is 2. The summed E-state index contributed by atoms with van der Waals surface area (Å²) in [5.41, 5.74) is -2.53. The summed E-state index contributed by atoms with van der Waals surface area (Å²) in [6, 6.07) is 0. The molecule has 2 amide bonds. The van der Waals surface area contributed by atoms with Crippen molar-refractivity contribution >= 4 is 94.5 Å². The van der Waals surface area contributed by atoms with Crippen LogP contribution in [0.25, 0.3) is 0 Å². The third-order valence-corrected chi connectivity index (χ3v) is 8.23. The lowest BCUT2D eigenvalue weighted by molar-refractivity contribution is -0.139. The van der Waals surface area contributed by atoms with E-state index in [4.69, 9.17) is 17.8 Å². The lowest BCUT2D eigenvalue weighted by atomic mass is 10.3. The molecule has 0 saturated carbocycles. The normalized spacial score (nSPS) is 14.3. The summed E-state index contributed by atoms with van der Waals surface area (Å²) in [6.07, 6.45) is -0.509. The van der Waals surface area contributed by atoms with Gasteiger partial charge in [-0.1, -0.05) is 27.5 Å². The van der Waals surface area contributed by atoms with Gasteiger partial charge >= 0.3 is 11.9 Å². The minimum atomic E-state index is -1.22. The summed E-state index contributed by atoms with van der Waals surface area (Å²) >= 11 is 3.87. The van der Waals surface area contributed by atoms with Crippen molar-refractivity contribution in [3.05, 3.63) is 0 Å². The molecule has 0 fully saturated rings. The van der Waals surface area contributed by atoms with Crippen LogP contribution in [-0.2, 0) is 19.2 Å². The van der Waals surface area contributed by atoms with E-state index in [1.54, 1.807) is 4.86 Å². The zero-order valence-electron chi connectivity index (χ0n) is 14.3. The number of nitrogens with one attached hydrogen (secondary N) is 3. The van der Waals surface area contributed by atoms with Gasteiger partial charge in [-0.2, -0.15) is 22.4 Å². The van der Waals surface area contributed by atoms with Gasteiger partial charge in [-0.3, -0.25) is 19.2 Å². The Bertz CT molecular complexity index is 522. The number of amides is 2. The molecule has 15 heteroatoms. The minimum Gasteiger partial charge on any atom is -0.481 e. The van der Waals surface area contributed by atoms with Crippen molar-refractivity contribution in [1.29, 1.82) is 0 Å². The van der Waals surface area contributed by atoms with E-state index in [0.717, 1.165) is 0 Å². The molecule has 3 radical (unpaired) electrons. The number of carboxylic acids is 2. The average Bonchev–Trinajstić information content (AvgIpc) is 2.57. The summed E-state index contributed by atoms with van der Waals surface area (Å²) in [5.74, 6) is -2.76. The predicted octanol–water partition coefficient (Wildman–Crippen LogP) is 0.0581. The third-order valence-electron chi connectivity index (χ3n) is 3.13. The molecule has 0 aliphatic rings. The molecule has 4 atom stereocenters. The van der Waals surface area contributed by atoms with Gasteiger partial charge in [0.15, 0.2) is 0 Å². The fourth-order valence-electron chi connectivity index (χ4n) is 1.85. The highest BCUT2D eigenvalue weighted by atomic mass is 127. The van der Waals surface area contributed by atoms with E-state index in [2.05, 4.69) is 16.0 Å². The van der Waals surface area contributed by atoms with Crippen molar-refractivity contribution < 1.29 is 29.4 Å². The van der Waals surface area contributed by atoms with Gasteiger partial charge < -0.3 is 26.2 Å². The molecule has 0 aliphatic carbocycles. The second kappa shape index (κ2) is 16.1. The van der Waals surface area contributed by atoms with Gasteiger partial charge in [0.2, 0.25) is 16.7 Å². The molecule has 0 saturated heterocycles. The van der Waals surface area contributed by atoms with Crippen molar-refractivity contribution in [2.45, 2.75) is 24.2 Å². The molecule has 27 heavy (non-hydrogen) atoms. The lowest BCUT2D eigenvalue weighted by Crippen LogP contribution is -2.41. The van der Waals surface area contributed by atoms with Gasteiger partial charge in [-0.25, -0.2) is 0 Å². The lowest BCUT2D eigenvalue weighted by Gasteiger charge is -2.18. The maximum absolute atomic E-state index is 11.9. The van der Waals surface area contributed by atoms with Gasteiger partial charge in [0.1, 0.15) is 7.57 Å². The van der Waals surface area contributed by atoms with Crippen LogP contribution in [-0.4, -0.2) is 83.9 Å². The molecule has 0 heterocycles. The highest BCUT2D eigenvalue weighted by molar-refractivity contribution is 14.2. The van der Waals surface area contributed by atoms with Gasteiger partial charge in [-0.05, 0) is 0 Å². The smallest absolute Gasteiger partial charge is 0.304 e. The average molecular weight is 640 g/mol. The van der Waals surface area contributed by atoms with Gasteiger partial charge in [0.05, 0.1) is 24.2 Å². The third kappa shape index (κ3) is 14.0. The van der Waals surface area contributed by atoms with Crippen LogP contribution in [0.5, 0.6) is 0 Å². The zero-order chi connectivity index (χ0) is 20.8. The Hall–Kier alpha value is 0.290. The standard InChI is InChI=1S/C12H20B2I2N3O6P2/c13-27(16)8(6-10(22)23)12(25)19-4-2-17-1-3-18-11(24)7(26-14-15)5-9(20)21/h7-8,17,26H,1-6H2,(H,18,24)(H,19,25)(H,20,21)(H,22,23). The van der Waals surface area contributed by atoms with Crippen LogP contribution in [0.3, 0.4) is 0 Å². The van der Waals surface area contributed by atoms with E-state index in [9.17, 15) is 19.2 Å². The molecule has 0 aliphatic heterocycles. The van der Waals surface area contributed by atoms with Crippen LogP contribution in [0.15, 0.2) is 0 Å². The number of aliphatic carboxylic acids is 2.